The number of nitrogens with one attached hydrogen (secondary N) is 2. The van der Waals surface area contributed by atoms with Crippen LogP contribution in [0.15, 0.2) is 48.5 Å². The SMILES string of the molecule is Cc1cccc(N(C(=O)C[S@](=O)CC(=O)Nc2ccc(F)cc2)[C@@H](C)C(=O)NC2CCCC2)c1. The molecular weight excluding hydrogens is 457 g/mol. The molecule has 1 aliphatic rings. The normalized spacial score (nSPS) is 15.4. The first-order chi connectivity index (χ1) is 16.2. The average Bonchev–Trinajstić information content (AvgIpc) is 3.28. The fraction of sp³-hybridized carbons (Fsp3) is 0.400. The minimum absolute atomic E-state index is 0.105. The lowest BCUT2D eigenvalue weighted by Crippen LogP contribution is -2.51. The van der Waals surface area contributed by atoms with E-state index in [1.807, 2.05) is 13.0 Å². The summed E-state index contributed by atoms with van der Waals surface area (Å²) in [5.74, 6) is -2.56. The average molecular weight is 488 g/mol. The van der Waals surface area contributed by atoms with Crippen LogP contribution in [0, 0.1) is 12.7 Å². The molecule has 3 amide bonds. The highest BCUT2D eigenvalue weighted by Crippen LogP contribution is 2.22. The molecule has 2 aromatic carbocycles. The lowest BCUT2D eigenvalue weighted by Gasteiger charge is -2.29. The van der Waals surface area contributed by atoms with Crippen LogP contribution in [0.2, 0.25) is 0 Å². The highest BCUT2D eigenvalue weighted by atomic mass is 32.2. The Morgan fingerprint density at radius 1 is 1.09 bits per heavy atom. The lowest BCUT2D eigenvalue weighted by atomic mass is 10.1. The quantitative estimate of drug-likeness (QED) is 0.567. The second kappa shape index (κ2) is 11.9. The summed E-state index contributed by atoms with van der Waals surface area (Å²) in [6.07, 6.45) is 3.98. The van der Waals surface area contributed by atoms with Crippen molar-refractivity contribution >= 4 is 39.9 Å². The Labute approximate surface area is 201 Å². The second-order valence-corrected chi connectivity index (χ2v) is 10.0. The summed E-state index contributed by atoms with van der Waals surface area (Å²) in [7, 11) is -1.80. The van der Waals surface area contributed by atoms with Crippen LogP contribution in [0.3, 0.4) is 0 Å². The first-order valence-corrected chi connectivity index (χ1v) is 12.8. The van der Waals surface area contributed by atoms with Gasteiger partial charge in [0.15, 0.2) is 0 Å². The molecule has 0 aliphatic heterocycles. The zero-order valence-electron chi connectivity index (χ0n) is 19.4. The number of amides is 3. The van der Waals surface area contributed by atoms with Crippen LogP contribution >= 0.6 is 0 Å². The van der Waals surface area contributed by atoms with E-state index in [-0.39, 0.29) is 11.9 Å². The van der Waals surface area contributed by atoms with Crippen molar-refractivity contribution in [1.29, 1.82) is 0 Å². The van der Waals surface area contributed by atoms with Crippen LogP contribution < -0.4 is 15.5 Å². The summed E-state index contributed by atoms with van der Waals surface area (Å²) in [6, 6.07) is 11.7. The van der Waals surface area contributed by atoms with Crippen molar-refractivity contribution in [1.82, 2.24) is 5.32 Å². The van der Waals surface area contributed by atoms with E-state index in [1.165, 1.54) is 29.2 Å². The molecule has 182 valence electrons. The van der Waals surface area contributed by atoms with Gasteiger partial charge in [0.05, 0.1) is 0 Å². The fourth-order valence-electron chi connectivity index (χ4n) is 4.01. The Kier molecular flexibility index (Phi) is 8.92. The van der Waals surface area contributed by atoms with Gasteiger partial charge in [0.25, 0.3) is 0 Å². The van der Waals surface area contributed by atoms with Crippen molar-refractivity contribution in [3.05, 3.63) is 59.9 Å². The molecule has 0 saturated heterocycles. The molecule has 9 heteroatoms. The van der Waals surface area contributed by atoms with E-state index in [1.54, 1.807) is 25.1 Å². The molecule has 0 unspecified atom stereocenters. The molecule has 7 nitrogen and oxygen atoms in total. The van der Waals surface area contributed by atoms with Gasteiger partial charge in [-0.3, -0.25) is 23.5 Å². The van der Waals surface area contributed by atoms with Crippen molar-refractivity contribution in [2.24, 2.45) is 0 Å². The topological polar surface area (TPSA) is 95.6 Å². The molecule has 0 spiro atoms. The number of hydrogen-bond donors (Lipinski definition) is 2. The number of halogens is 1. The third kappa shape index (κ3) is 7.21. The van der Waals surface area contributed by atoms with E-state index in [0.717, 1.165) is 31.2 Å². The third-order valence-electron chi connectivity index (χ3n) is 5.72. The summed E-state index contributed by atoms with van der Waals surface area (Å²) in [6.45, 7) is 3.53. The van der Waals surface area contributed by atoms with Gasteiger partial charge in [0.2, 0.25) is 17.7 Å². The van der Waals surface area contributed by atoms with Crippen LogP contribution in [0.5, 0.6) is 0 Å². The standard InChI is InChI=1S/C25H30FN3O4S/c1-17-6-5-9-22(14-17)29(18(2)25(32)28-20-7-3-4-8-20)24(31)16-34(33)15-23(30)27-21-12-10-19(26)11-13-21/h5-6,9-14,18,20H,3-4,7-8,15-16H2,1-2H3,(H,27,30)(H,28,32)/t18-,34+/m0/s1. The van der Waals surface area contributed by atoms with Crippen molar-refractivity contribution in [3.8, 4) is 0 Å². The van der Waals surface area contributed by atoms with E-state index in [4.69, 9.17) is 0 Å². The number of carbonyl (C=O) groups excluding carboxylic acids is 3. The van der Waals surface area contributed by atoms with Crippen LogP contribution in [-0.4, -0.2) is 45.5 Å². The molecule has 0 radical (unpaired) electrons. The van der Waals surface area contributed by atoms with E-state index < -0.39 is 46.0 Å². The number of nitrogens with zero attached hydrogens (tertiary/aromatic N) is 1. The van der Waals surface area contributed by atoms with Gasteiger partial charge in [0.1, 0.15) is 23.4 Å². The number of hydrogen-bond acceptors (Lipinski definition) is 4. The minimum atomic E-state index is -1.80. The molecule has 2 aromatic rings. The fourth-order valence-corrected chi connectivity index (χ4v) is 4.89. The maximum atomic E-state index is 13.2. The highest BCUT2D eigenvalue weighted by molar-refractivity contribution is 7.86. The van der Waals surface area contributed by atoms with E-state index in [9.17, 15) is 23.0 Å². The summed E-state index contributed by atoms with van der Waals surface area (Å²) >= 11 is 0. The van der Waals surface area contributed by atoms with Crippen molar-refractivity contribution in [2.45, 2.75) is 51.6 Å². The molecule has 0 aromatic heterocycles. The highest BCUT2D eigenvalue weighted by Gasteiger charge is 2.30. The molecule has 0 bridgehead atoms. The van der Waals surface area contributed by atoms with Gasteiger partial charge < -0.3 is 10.6 Å². The Morgan fingerprint density at radius 3 is 2.41 bits per heavy atom. The monoisotopic (exact) mass is 487 g/mol. The number of anilines is 2. The number of aryl methyl sites for hydroxylation is 1. The summed E-state index contributed by atoms with van der Waals surface area (Å²) in [4.78, 5) is 39.7. The smallest absolute Gasteiger partial charge is 0.243 e. The predicted molar refractivity (Wildman–Crippen MR) is 131 cm³/mol. The lowest BCUT2D eigenvalue weighted by molar-refractivity contribution is -0.125. The largest absolute Gasteiger partial charge is 0.352 e. The zero-order chi connectivity index (χ0) is 24.7. The van der Waals surface area contributed by atoms with Gasteiger partial charge in [-0.1, -0.05) is 25.0 Å². The molecule has 0 heterocycles. The Balaban J connectivity index is 1.67. The van der Waals surface area contributed by atoms with E-state index in [2.05, 4.69) is 10.6 Å². The van der Waals surface area contributed by atoms with Crippen molar-refractivity contribution in [2.75, 3.05) is 21.7 Å². The summed E-state index contributed by atoms with van der Waals surface area (Å²) in [5, 5.41) is 5.55. The first kappa shape index (κ1) is 25.6. The summed E-state index contributed by atoms with van der Waals surface area (Å²) < 4.78 is 25.6. The first-order valence-electron chi connectivity index (χ1n) is 11.3. The zero-order valence-corrected chi connectivity index (χ0v) is 20.2. The number of carbonyl (C=O) groups is 3. The van der Waals surface area contributed by atoms with Crippen molar-refractivity contribution < 1.29 is 23.0 Å². The van der Waals surface area contributed by atoms with Gasteiger partial charge in [-0.2, -0.15) is 0 Å². The van der Waals surface area contributed by atoms with Crippen LogP contribution in [-0.2, 0) is 25.2 Å². The Morgan fingerprint density at radius 2 is 1.76 bits per heavy atom. The molecule has 2 atom stereocenters. The number of benzene rings is 2. The van der Waals surface area contributed by atoms with Gasteiger partial charge >= 0.3 is 0 Å². The predicted octanol–water partition coefficient (Wildman–Crippen LogP) is 3.30. The van der Waals surface area contributed by atoms with Crippen molar-refractivity contribution in [3.63, 3.8) is 0 Å². The van der Waals surface area contributed by atoms with Gasteiger partial charge in [-0.15, -0.1) is 0 Å². The summed E-state index contributed by atoms with van der Waals surface area (Å²) in [5.41, 5.74) is 1.82. The Bertz CT molecular complexity index is 1050. The van der Waals surface area contributed by atoms with E-state index in [0.29, 0.717) is 11.4 Å². The molecule has 1 saturated carbocycles. The minimum Gasteiger partial charge on any atom is -0.352 e. The second-order valence-electron chi connectivity index (χ2n) is 8.55. The Hall–Kier alpha value is -3.07. The molecule has 1 fully saturated rings. The van der Waals surface area contributed by atoms with E-state index >= 15 is 0 Å². The number of rotatable bonds is 9. The van der Waals surface area contributed by atoms with Crippen LogP contribution in [0.1, 0.15) is 38.2 Å². The molecule has 3 rings (SSSR count). The molecule has 1 aliphatic carbocycles. The molecule has 2 N–H and O–H groups in total. The molecule has 34 heavy (non-hydrogen) atoms. The van der Waals surface area contributed by atoms with Crippen LogP contribution in [0.25, 0.3) is 0 Å². The third-order valence-corrected chi connectivity index (χ3v) is 6.87. The maximum Gasteiger partial charge on any atom is 0.243 e. The maximum absolute atomic E-state index is 13.2. The van der Waals surface area contributed by atoms with Gasteiger partial charge in [-0.05, 0) is 68.7 Å². The van der Waals surface area contributed by atoms with Crippen LogP contribution in [0.4, 0.5) is 15.8 Å². The molecular formula is C25H30FN3O4S. The van der Waals surface area contributed by atoms with Gasteiger partial charge in [0, 0.05) is 28.2 Å². The van der Waals surface area contributed by atoms with Gasteiger partial charge in [-0.25, -0.2) is 4.39 Å².